The Labute approximate surface area is 176 Å². The first-order chi connectivity index (χ1) is 14.2. The van der Waals surface area contributed by atoms with E-state index < -0.39 is 12.8 Å². The summed E-state index contributed by atoms with van der Waals surface area (Å²) in [5.74, 6) is 0.671. The van der Waals surface area contributed by atoms with Gasteiger partial charge in [0, 0.05) is 26.7 Å². The Balaban J connectivity index is 1.75. The molecule has 30 heavy (non-hydrogen) atoms. The van der Waals surface area contributed by atoms with Crippen molar-refractivity contribution in [1.82, 2.24) is 15.5 Å². The van der Waals surface area contributed by atoms with Crippen LogP contribution in [0.4, 0.5) is 13.2 Å². The van der Waals surface area contributed by atoms with Crippen LogP contribution in [0.3, 0.4) is 0 Å². The van der Waals surface area contributed by atoms with Crippen LogP contribution in [0.25, 0.3) is 0 Å². The van der Waals surface area contributed by atoms with E-state index in [0.29, 0.717) is 24.6 Å². The summed E-state index contributed by atoms with van der Waals surface area (Å²) in [6.07, 6.45) is -4.30. The molecule has 2 aromatic carbocycles. The highest BCUT2D eigenvalue weighted by Gasteiger charge is 2.27. The van der Waals surface area contributed by atoms with Gasteiger partial charge in [0.05, 0.1) is 6.61 Å². The van der Waals surface area contributed by atoms with E-state index in [2.05, 4.69) is 49.5 Å². The third-order valence-electron chi connectivity index (χ3n) is 4.22. The second kappa shape index (κ2) is 11.6. The highest BCUT2D eigenvalue weighted by molar-refractivity contribution is 5.79. The van der Waals surface area contributed by atoms with Gasteiger partial charge < -0.3 is 20.3 Å². The van der Waals surface area contributed by atoms with Crippen LogP contribution in [0.5, 0.6) is 0 Å². The van der Waals surface area contributed by atoms with E-state index in [9.17, 15) is 13.2 Å². The summed E-state index contributed by atoms with van der Waals surface area (Å²) in [7, 11) is 5.79. The minimum Gasteiger partial charge on any atom is -0.367 e. The number of nitrogens with one attached hydrogen (secondary N) is 2. The predicted octanol–water partition coefficient (Wildman–Crippen LogP) is 3.69. The third kappa shape index (κ3) is 9.28. The van der Waals surface area contributed by atoms with Crippen molar-refractivity contribution in [3.63, 3.8) is 0 Å². The van der Waals surface area contributed by atoms with E-state index in [1.54, 1.807) is 19.2 Å². The van der Waals surface area contributed by atoms with Crippen molar-refractivity contribution in [3.05, 3.63) is 70.8 Å². The molecule has 0 bridgehead atoms. The Morgan fingerprint density at radius 2 is 1.33 bits per heavy atom. The second-order valence-electron chi connectivity index (χ2n) is 7.26. The van der Waals surface area contributed by atoms with Crippen LogP contribution in [0.2, 0.25) is 0 Å². The summed E-state index contributed by atoms with van der Waals surface area (Å²) < 4.78 is 41.0. The van der Waals surface area contributed by atoms with Gasteiger partial charge in [0.25, 0.3) is 0 Å². The zero-order valence-electron chi connectivity index (χ0n) is 17.6. The Kier molecular flexibility index (Phi) is 9.14. The standard InChI is InChI=1S/C22H29F3N4O/c1-26-21(27-12-17-4-8-19(9-5-17)14-29(2)3)28-13-18-6-10-20(11-7-18)15-30-16-22(23,24)25/h4-11H,12-16H2,1-3H3,(H2,26,27,28). The monoisotopic (exact) mass is 422 g/mol. The molecule has 0 fully saturated rings. The maximum absolute atomic E-state index is 12.1. The van der Waals surface area contributed by atoms with Crippen LogP contribution in [-0.2, 0) is 31.0 Å². The van der Waals surface area contributed by atoms with Gasteiger partial charge in [-0.05, 0) is 36.3 Å². The van der Waals surface area contributed by atoms with E-state index in [1.165, 1.54) is 5.56 Å². The van der Waals surface area contributed by atoms with E-state index in [0.717, 1.165) is 17.7 Å². The van der Waals surface area contributed by atoms with Gasteiger partial charge in [0.15, 0.2) is 5.96 Å². The van der Waals surface area contributed by atoms with Crippen molar-refractivity contribution >= 4 is 5.96 Å². The number of halogens is 3. The molecular weight excluding hydrogens is 393 g/mol. The van der Waals surface area contributed by atoms with Crippen molar-refractivity contribution in [2.24, 2.45) is 4.99 Å². The molecule has 0 saturated carbocycles. The van der Waals surface area contributed by atoms with E-state index >= 15 is 0 Å². The molecule has 0 unspecified atom stereocenters. The average Bonchev–Trinajstić information content (AvgIpc) is 2.69. The lowest BCUT2D eigenvalue weighted by Crippen LogP contribution is -2.36. The van der Waals surface area contributed by atoms with Crippen LogP contribution in [0, 0.1) is 0 Å². The lowest BCUT2D eigenvalue weighted by Gasteiger charge is -2.13. The zero-order chi connectivity index (χ0) is 22.0. The number of alkyl halides is 3. The third-order valence-corrected chi connectivity index (χ3v) is 4.22. The fourth-order valence-corrected chi connectivity index (χ4v) is 2.76. The molecule has 2 N–H and O–H groups in total. The van der Waals surface area contributed by atoms with E-state index in [1.807, 2.05) is 26.2 Å². The van der Waals surface area contributed by atoms with Gasteiger partial charge in [-0.25, -0.2) is 0 Å². The number of rotatable bonds is 9. The molecule has 0 spiro atoms. The minimum absolute atomic E-state index is 0.0657. The molecule has 2 aromatic rings. The molecule has 8 heteroatoms. The molecule has 0 amide bonds. The average molecular weight is 422 g/mol. The van der Waals surface area contributed by atoms with Gasteiger partial charge >= 0.3 is 6.18 Å². The molecule has 0 aliphatic heterocycles. The Morgan fingerprint density at radius 1 is 0.867 bits per heavy atom. The number of benzene rings is 2. The lowest BCUT2D eigenvalue weighted by molar-refractivity contribution is -0.176. The fourth-order valence-electron chi connectivity index (χ4n) is 2.76. The summed E-state index contributed by atoms with van der Waals surface area (Å²) in [4.78, 5) is 6.34. The Bertz CT molecular complexity index is 788. The SMILES string of the molecule is CN=C(NCc1ccc(COCC(F)(F)F)cc1)NCc1ccc(CN(C)C)cc1. The number of ether oxygens (including phenoxy) is 1. The highest BCUT2D eigenvalue weighted by atomic mass is 19.4. The van der Waals surface area contributed by atoms with Crippen LogP contribution in [-0.4, -0.2) is 44.8 Å². The second-order valence-corrected chi connectivity index (χ2v) is 7.26. The normalized spacial score (nSPS) is 12.3. The quantitative estimate of drug-likeness (QED) is 0.478. The number of aliphatic imine (C=N–C) groups is 1. The van der Waals surface area contributed by atoms with Gasteiger partial charge in [-0.15, -0.1) is 0 Å². The molecule has 5 nitrogen and oxygen atoms in total. The van der Waals surface area contributed by atoms with E-state index in [4.69, 9.17) is 0 Å². The number of hydrogen-bond donors (Lipinski definition) is 2. The molecule has 0 atom stereocenters. The smallest absolute Gasteiger partial charge is 0.367 e. The number of hydrogen-bond acceptors (Lipinski definition) is 3. The molecule has 0 aromatic heterocycles. The maximum Gasteiger partial charge on any atom is 0.411 e. The van der Waals surface area contributed by atoms with Crippen molar-refractivity contribution in [2.75, 3.05) is 27.7 Å². The zero-order valence-corrected chi connectivity index (χ0v) is 17.6. The van der Waals surface area contributed by atoms with Gasteiger partial charge in [-0.2, -0.15) is 13.2 Å². The summed E-state index contributed by atoms with van der Waals surface area (Å²) >= 11 is 0. The fraction of sp³-hybridized carbons (Fsp3) is 0.409. The molecule has 164 valence electrons. The summed E-state index contributed by atoms with van der Waals surface area (Å²) in [6.45, 7) is 0.799. The molecule has 0 radical (unpaired) electrons. The predicted molar refractivity (Wildman–Crippen MR) is 113 cm³/mol. The first kappa shape index (κ1) is 23.7. The molecule has 0 aliphatic rings. The molecular formula is C22H29F3N4O. The maximum atomic E-state index is 12.1. The van der Waals surface area contributed by atoms with Gasteiger partial charge in [-0.1, -0.05) is 48.5 Å². The highest BCUT2D eigenvalue weighted by Crippen LogP contribution is 2.16. The minimum atomic E-state index is -4.30. The van der Waals surface area contributed by atoms with Crippen molar-refractivity contribution in [2.45, 2.75) is 32.4 Å². The first-order valence-corrected chi connectivity index (χ1v) is 9.64. The molecule has 2 rings (SSSR count). The van der Waals surface area contributed by atoms with E-state index in [-0.39, 0.29) is 6.61 Å². The number of guanidine groups is 1. The van der Waals surface area contributed by atoms with Crippen molar-refractivity contribution in [3.8, 4) is 0 Å². The first-order valence-electron chi connectivity index (χ1n) is 9.64. The van der Waals surface area contributed by atoms with Crippen molar-refractivity contribution < 1.29 is 17.9 Å². The summed E-state index contributed by atoms with van der Waals surface area (Å²) in [6, 6.07) is 15.7. The van der Waals surface area contributed by atoms with Gasteiger partial charge in [0.2, 0.25) is 0 Å². The number of nitrogens with zero attached hydrogens (tertiary/aromatic N) is 2. The topological polar surface area (TPSA) is 48.9 Å². The van der Waals surface area contributed by atoms with Crippen LogP contribution >= 0.6 is 0 Å². The van der Waals surface area contributed by atoms with Crippen molar-refractivity contribution in [1.29, 1.82) is 0 Å². The van der Waals surface area contributed by atoms with Crippen LogP contribution in [0.1, 0.15) is 22.3 Å². The van der Waals surface area contributed by atoms with Crippen LogP contribution < -0.4 is 10.6 Å². The molecule has 0 heterocycles. The summed E-state index contributed by atoms with van der Waals surface area (Å²) in [5, 5.41) is 6.50. The lowest BCUT2D eigenvalue weighted by atomic mass is 10.1. The molecule has 0 aliphatic carbocycles. The van der Waals surface area contributed by atoms with Crippen LogP contribution in [0.15, 0.2) is 53.5 Å². The molecule has 0 saturated heterocycles. The Hall–Kier alpha value is -2.58. The van der Waals surface area contributed by atoms with Gasteiger partial charge in [-0.3, -0.25) is 4.99 Å². The largest absolute Gasteiger partial charge is 0.411 e. The Morgan fingerprint density at radius 3 is 1.77 bits per heavy atom. The summed E-state index contributed by atoms with van der Waals surface area (Å²) in [5.41, 5.74) is 4.11. The van der Waals surface area contributed by atoms with Gasteiger partial charge in [0.1, 0.15) is 6.61 Å².